The zero-order valence-corrected chi connectivity index (χ0v) is 16.3. The van der Waals surface area contributed by atoms with Crippen molar-refractivity contribution in [1.82, 2.24) is 14.9 Å². The van der Waals surface area contributed by atoms with Gasteiger partial charge < -0.3 is 5.32 Å². The maximum atomic E-state index is 6.28. The van der Waals surface area contributed by atoms with Crippen LogP contribution >= 0.6 is 23.8 Å². The molecule has 0 aliphatic rings. The molecule has 138 valence electrons. The Morgan fingerprint density at radius 3 is 2.36 bits per heavy atom. The lowest BCUT2D eigenvalue weighted by Gasteiger charge is -2.06. The Balaban J connectivity index is 1.56. The minimum Gasteiger partial charge on any atom is -0.356 e. The molecule has 0 atom stereocenters. The van der Waals surface area contributed by atoms with Crippen LogP contribution in [-0.2, 0) is 0 Å². The fourth-order valence-electron chi connectivity index (χ4n) is 2.68. The molecule has 28 heavy (non-hydrogen) atoms. The second-order valence-corrected chi connectivity index (χ2v) is 6.80. The van der Waals surface area contributed by atoms with Gasteiger partial charge in [0.2, 0.25) is 4.77 Å². The van der Waals surface area contributed by atoms with Crippen molar-refractivity contribution in [3.8, 4) is 11.4 Å². The highest BCUT2D eigenvalue weighted by molar-refractivity contribution is 7.71. The Hall–Kier alpha value is -3.22. The van der Waals surface area contributed by atoms with Gasteiger partial charge in [-0.25, -0.2) is 5.10 Å². The van der Waals surface area contributed by atoms with E-state index in [4.69, 9.17) is 23.8 Å². The van der Waals surface area contributed by atoms with E-state index in [1.54, 1.807) is 17.0 Å². The van der Waals surface area contributed by atoms with Gasteiger partial charge in [-0.3, -0.25) is 0 Å². The maximum absolute atomic E-state index is 6.28. The molecule has 4 rings (SSSR count). The van der Waals surface area contributed by atoms with Crippen LogP contribution in [0, 0.1) is 4.77 Å². The molecule has 0 fully saturated rings. The minimum absolute atomic E-state index is 0.397. The lowest BCUT2D eigenvalue weighted by molar-refractivity contribution is 0.871. The van der Waals surface area contributed by atoms with Gasteiger partial charge in [0, 0.05) is 16.9 Å². The molecule has 5 nitrogen and oxygen atoms in total. The molecule has 0 amide bonds. The Morgan fingerprint density at radius 2 is 1.61 bits per heavy atom. The first kappa shape index (κ1) is 18.2. The molecule has 0 unspecified atom stereocenters. The van der Waals surface area contributed by atoms with Crippen LogP contribution in [0.25, 0.3) is 11.4 Å². The standard InChI is InChI=1S/C21H16ClN5S/c22-19-9-5-4-8-18(19)20-25-26-21(28)27(20)23-14-15-10-12-17(13-11-15)24-16-6-2-1-3-7-16/h1-14,24H,(H,26,28)/b23-14-. The van der Waals surface area contributed by atoms with E-state index in [1.807, 2.05) is 72.8 Å². The third-order valence-corrected chi connectivity index (χ3v) is 4.65. The van der Waals surface area contributed by atoms with Crippen molar-refractivity contribution in [2.75, 3.05) is 5.32 Å². The largest absolute Gasteiger partial charge is 0.356 e. The van der Waals surface area contributed by atoms with Crippen LogP contribution in [0.15, 0.2) is 84.0 Å². The number of rotatable bonds is 5. The average Bonchev–Trinajstić information content (AvgIpc) is 3.09. The van der Waals surface area contributed by atoms with Crippen LogP contribution in [-0.4, -0.2) is 21.1 Å². The zero-order valence-electron chi connectivity index (χ0n) is 14.7. The molecule has 7 heteroatoms. The molecule has 0 saturated carbocycles. The van der Waals surface area contributed by atoms with Crippen molar-refractivity contribution < 1.29 is 0 Å². The SMILES string of the molecule is S=c1[nH]nc(-c2ccccc2Cl)n1/N=C\c1ccc(Nc2ccccc2)cc1. The summed E-state index contributed by atoms with van der Waals surface area (Å²) in [4.78, 5) is 0. The molecule has 0 radical (unpaired) electrons. The Kier molecular flexibility index (Phi) is 5.32. The van der Waals surface area contributed by atoms with Crippen molar-refractivity contribution in [3.63, 3.8) is 0 Å². The van der Waals surface area contributed by atoms with Crippen molar-refractivity contribution in [2.45, 2.75) is 0 Å². The van der Waals surface area contributed by atoms with Crippen LogP contribution in [0.5, 0.6) is 0 Å². The first-order chi connectivity index (χ1) is 13.7. The zero-order chi connectivity index (χ0) is 19.3. The van der Waals surface area contributed by atoms with E-state index in [0.717, 1.165) is 22.5 Å². The number of para-hydroxylation sites is 1. The Morgan fingerprint density at radius 1 is 0.929 bits per heavy atom. The molecule has 0 bridgehead atoms. The summed E-state index contributed by atoms with van der Waals surface area (Å²) in [6.45, 7) is 0. The number of H-pyrrole nitrogens is 1. The van der Waals surface area contributed by atoms with Crippen LogP contribution in [0.2, 0.25) is 5.02 Å². The van der Waals surface area contributed by atoms with Crippen molar-refractivity contribution in [3.05, 3.63) is 94.2 Å². The van der Waals surface area contributed by atoms with Crippen molar-refractivity contribution >= 4 is 41.4 Å². The summed E-state index contributed by atoms with van der Waals surface area (Å²) in [7, 11) is 0. The number of hydrogen-bond donors (Lipinski definition) is 2. The number of halogens is 1. The average molecular weight is 406 g/mol. The number of benzene rings is 3. The van der Waals surface area contributed by atoms with Gasteiger partial charge >= 0.3 is 0 Å². The quantitative estimate of drug-likeness (QED) is 0.321. The predicted octanol–water partition coefficient (Wildman–Crippen LogP) is 5.89. The van der Waals surface area contributed by atoms with Gasteiger partial charge in [0.05, 0.1) is 11.2 Å². The molecule has 2 N–H and O–H groups in total. The van der Waals surface area contributed by atoms with E-state index in [0.29, 0.717) is 15.6 Å². The molecule has 0 aliphatic heterocycles. The lowest BCUT2D eigenvalue weighted by atomic mass is 10.2. The van der Waals surface area contributed by atoms with Gasteiger partial charge in [-0.05, 0) is 54.2 Å². The van der Waals surface area contributed by atoms with Crippen molar-refractivity contribution in [1.29, 1.82) is 0 Å². The fraction of sp³-hybridized carbons (Fsp3) is 0. The molecule has 0 saturated heterocycles. The number of aromatic amines is 1. The first-order valence-corrected chi connectivity index (χ1v) is 9.38. The number of nitrogens with one attached hydrogen (secondary N) is 2. The Bertz CT molecular complexity index is 1160. The molecule has 1 heterocycles. The maximum Gasteiger partial charge on any atom is 0.216 e. The minimum atomic E-state index is 0.397. The van der Waals surface area contributed by atoms with E-state index >= 15 is 0 Å². The van der Waals surface area contributed by atoms with Crippen molar-refractivity contribution in [2.24, 2.45) is 5.10 Å². The van der Waals surface area contributed by atoms with E-state index < -0.39 is 0 Å². The number of aromatic nitrogens is 3. The summed E-state index contributed by atoms with van der Waals surface area (Å²) < 4.78 is 1.96. The Labute approximate surface area is 172 Å². The predicted molar refractivity (Wildman–Crippen MR) is 117 cm³/mol. The lowest BCUT2D eigenvalue weighted by Crippen LogP contribution is -1.96. The van der Waals surface area contributed by atoms with Gasteiger partial charge in [-0.2, -0.15) is 14.9 Å². The van der Waals surface area contributed by atoms with Gasteiger partial charge in [0.1, 0.15) is 0 Å². The third-order valence-electron chi connectivity index (χ3n) is 4.06. The second kappa shape index (κ2) is 8.21. The smallest absolute Gasteiger partial charge is 0.216 e. The van der Waals surface area contributed by atoms with E-state index in [1.165, 1.54) is 0 Å². The molecular weight excluding hydrogens is 390 g/mol. The summed E-state index contributed by atoms with van der Waals surface area (Å²) >= 11 is 11.6. The normalized spacial score (nSPS) is 11.0. The first-order valence-electron chi connectivity index (χ1n) is 8.59. The van der Waals surface area contributed by atoms with Crippen LogP contribution in [0.1, 0.15) is 5.56 Å². The van der Waals surface area contributed by atoms with E-state index in [9.17, 15) is 0 Å². The van der Waals surface area contributed by atoms with E-state index in [-0.39, 0.29) is 0 Å². The highest BCUT2D eigenvalue weighted by Gasteiger charge is 2.11. The summed E-state index contributed by atoms with van der Waals surface area (Å²) in [5, 5.41) is 15.4. The fourth-order valence-corrected chi connectivity index (χ4v) is 3.08. The van der Waals surface area contributed by atoms with Crippen LogP contribution < -0.4 is 5.32 Å². The topological polar surface area (TPSA) is 58.0 Å². The summed E-state index contributed by atoms with van der Waals surface area (Å²) in [5.41, 5.74) is 3.74. The highest BCUT2D eigenvalue weighted by atomic mass is 35.5. The highest BCUT2D eigenvalue weighted by Crippen LogP contribution is 2.26. The molecule has 3 aromatic carbocycles. The third kappa shape index (κ3) is 4.03. The molecule has 1 aromatic heterocycles. The van der Waals surface area contributed by atoms with Crippen LogP contribution in [0.4, 0.5) is 11.4 Å². The summed E-state index contributed by atoms with van der Waals surface area (Å²) in [6, 6.07) is 25.4. The van der Waals surface area contributed by atoms with Crippen LogP contribution in [0.3, 0.4) is 0 Å². The van der Waals surface area contributed by atoms with Gasteiger partial charge in [-0.1, -0.05) is 54.1 Å². The monoisotopic (exact) mass is 405 g/mol. The molecular formula is C21H16ClN5S. The summed E-state index contributed by atoms with van der Waals surface area (Å²) in [6.07, 6.45) is 1.73. The number of nitrogens with zero attached hydrogens (tertiary/aromatic N) is 3. The van der Waals surface area contributed by atoms with Gasteiger partial charge in [0.25, 0.3) is 0 Å². The van der Waals surface area contributed by atoms with E-state index in [2.05, 4.69) is 20.6 Å². The number of hydrogen-bond acceptors (Lipinski definition) is 4. The van der Waals surface area contributed by atoms with Gasteiger partial charge in [0.15, 0.2) is 5.82 Å². The molecule has 4 aromatic rings. The number of anilines is 2. The second-order valence-electron chi connectivity index (χ2n) is 6.00. The van der Waals surface area contributed by atoms with Gasteiger partial charge in [-0.15, -0.1) is 0 Å². The molecule has 0 spiro atoms. The molecule has 0 aliphatic carbocycles. The summed E-state index contributed by atoms with van der Waals surface area (Å²) in [5.74, 6) is 0.564.